The molecule has 1 aromatic rings. The Balaban J connectivity index is 1.78. The summed E-state index contributed by atoms with van der Waals surface area (Å²) >= 11 is 1.79. The lowest BCUT2D eigenvalue weighted by Crippen LogP contribution is -2.38. The van der Waals surface area contributed by atoms with E-state index in [9.17, 15) is 5.11 Å². The van der Waals surface area contributed by atoms with Crippen molar-refractivity contribution in [3.8, 4) is 0 Å². The van der Waals surface area contributed by atoms with Crippen molar-refractivity contribution in [3.05, 3.63) is 22.4 Å². The zero-order chi connectivity index (χ0) is 11.3. The van der Waals surface area contributed by atoms with Gasteiger partial charge in [-0.3, -0.25) is 0 Å². The Kier molecular flexibility index (Phi) is 4.38. The third-order valence-electron chi connectivity index (χ3n) is 3.63. The zero-order valence-electron chi connectivity index (χ0n) is 9.74. The molecule has 2 nitrogen and oxygen atoms in total. The minimum atomic E-state index is 0.162. The first-order valence-electron chi connectivity index (χ1n) is 6.19. The van der Waals surface area contributed by atoms with Crippen LogP contribution in [0.4, 0.5) is 0 Å². The van der Waals surface area contributed by atoms with Crippen LogP contribution in [0, 0.1) is 5.41 Å². The minimum Gasteiger partial charge on any atom is -0.396 e. The average molecular weight is 239 g/mol. The normalized spacial score (nSPS) is 19.8. The summed E-state index contributed by atoms with van der Waals surface area (Å²) in [4.78, 5) is 1.38. The molecule has 0 amide bonds. The highest BCUT2D eigenvalue weighted by Crippen LogP contribution is 2.35. The zero-order valence-corrected chi connectivity index (χ0v) is 10.6. The molecular weight excluding hydrogens is 218 g/mol. The van der Waals surface area contributed by atoms with Gasteiger partial charge in [-0.2, -0.15) is 0 Å². The number of nitrogens with one attached hydrogen (secondary N) is 1. The van der Waals surface area contributed by atoms with E-state index in [1.165, 1.54) is 37.0 Å². The molecule has 0 aromatic carbocycles. The minimum absolute atomic E-state index is 0.162. The van der Waals surface area contributed by atoms with Crippen LogP contribution in [0.1, 0.15) is 37.0 Å². The van der Waals surface area contributed by atoms with E-state index in [4.69, 9.17) is 0 Å². The first-order valence-corrected chi connectivity index (χ1v) is 7.07. The van der Waals surface area contributed by atoms with Gasteiger partial charge < -0.3 is 10.4 Å². The Bertz CT molecular complexity index is 291. The van der Waals surface area contributed by atoms with Crippen molar-refractivity contribution in [1.82, 2.24) is 5.32 Å². The number of aliphatic hydroxyl groups is 1. The van der Waals surface area contributed by atoms with Gasteiger partial charge in [-0.1, -0.05) is 25.3 Å². The monoisotopic (exact) mass is 239 g/mol. The second kappa shape index (κ2) is 5.80. The summed E-state index contributed by atoms with van der Waals surface area (Å²) in [5, 5.41) is 15.2. The van der Waals surface area contributed by atoms with Crippen molar-refractivity contribution in [3.63, 3.8) is 0 Å². The molecule has 1 aromatic heterocycles. The van der Waals surface area contributed by atoms with Gasteiger partial charge >= 0.3 is 0 Å². The van der Waals surface area contributed by atoms with Crippen LogP contribution in [0.15, 0.2) is 17.5 Å². The third-order valence-corrected chi connectivity index (χ3v) is 4.51. The molecule has 0 bridgehead atoms. The lowest BCUT2D eigenvalue weighted by atomic mass is 9.74. The summed E-state index contributed by atoms with van der Waals surface area (Å²) < 4.78 is 0. The van der Waals surface area contributed by atoms with Gasteiger partial charge in [-0.25, -0.2) is 0 Å². The van der Waals surface area contributed by atoms with E-state index >= 15 is 0 Å². The fraction of sp³-hybridized carbons (Fsp3) is 0.692. The quantitative estimate of drug-likeness (QED) is 0.828. The summed E-state index contributed by atoms with van der Waals surface area (Å²) in [6, 6.07) is 4.24. The van der Waals surface area contributed by atoms with E-state index in [-0.39, 0.29) is 5.41 Å². The van der Waals surface area contributed by atoms with Gasteiger partial charge in [-0.05, 0) is 24.3 Å². The highest BCUT2D eigenvalue weighted by Gasteiger charge is 2.30. The molecule has 16 heavy (non-hydrogen) atoms. The Morgan fingerprint density at radius 2 is 2.12 bits per heavy atom. The van der Waals surface area contributed by atoms with Gasteiger partial charge in [0.15, 0.2) is 0 Å². The summed E-state index contributed by atoms with van der Waals surface area (Å²) in [6.07, 6.45) is 6.26. The molecule has 1 fully saturated rings. The fourth-order valence-corrected chi connectivity index (χ4v) is 3.23. The van der Waals surface area contributed by atoms with Crippen molar-refractivity contribution in [1.29, 1.82) is 0 Å². The van der Waals surface area contributed by atoms with Gasteiger partial charge in [0.25, 0.3) is 0 Å². The summed E-state index contributed by atoms with van der Waals surface area (Å²) in [5.74, 6) is 0. The molecular formula is C13H21NOS. The van der Waals surface area contributed by atoms with E-state index in [0.717, 1.165) is 13.1 Å². The number of hydrogen-bond acceptors (Lipinski definition) is 3. The molecule has 0 radical (unpaired) electrons. The number of hydrogen-bond donors (Lipinski definition) is 2. The molecule has 0 saturated heterocycles. The Hall–Kier alpha value is -0.380. The smallest absolute Gasteiger partial charge is 0.0499 e. The molecule has 3 heteroatoms. The van der Waals surface area contributed by atoms with Crippen LogP contribution in [0.3, 0.4) is 0 Å². The summed E-state index contributed by atoms with van der Waals surface area (Å²) in [6.45, 7) is 2.24. The highest BCUT2D eigenvalue weighted by molar-refractivity contribution is 7.09. The molecule has 1 heterocycles. The number of aliphatic hydroxyl groups excluding tert-OH is 1. The van der Waals surface area contributed by atoms with E-state index in [1.54, 1.807) is 11.3 Å². The molecule has 2 rings (SSSR count). The van der Waals surface area contributed by atoms with E-state index < -0.39 is 0 Å². The molecule has 1 saturated carbocycles. The standard InChI is InChI=1S/C13H21NOS/c15-11-13(6-2-1-3-7-13)10-14-9-12-5-4-8-16-12/h4-5,8,14-15H,1-3,6-7,9-11H2. The molecule has 0 atom stereocenters. The van der Waals surface area contributed by atoms with E-state index in [2.05, 4.69) is 22.8 Å². The van der Waals surface area contributed by atoms with Crippen molar-refractivity contribution in [2.45, 2.75) is 38.6 Å². The molecule has 0 unspecified atom stereocenters. The van der Waals surface area contributed by atoms with Crippen molar-refractivity contribution in [2.24, 2.45) is 5.41 Å². The van der Waals surface area contributed by atoms with Crippen LogP contribution in [-0.2, 0) is 6.54 Å². The molecule has 2 N–H and O–H groups in total. The second-order valence-corrected chi connectivity index (χ2v) is 5.93. The summed E-state index contributed by atoms with van der Waals surface area (Å²) in [7, 11) is 0. The van der Waals surface area contributed by atoms with Crippen LogP contribution < -0.4 is 5.32 Å². The topological polar surface area (TPSA) is 32.3 Å². The average Bonchev–Trinajstić information content (AvgIpc) is 2.83. The summed E-state index contributed by atoms with van der Waals surface area (Å²) in [5.41, 5.74) is 0.162. The lowest BCUT2D eigenvalue weighted by Gasteiger charge is -2.35. The maximum absolute atomic E-state index is 9.56. The molecule has 0 spiro atoms. The lowest BCUT2D eigenvalue weighted by molar-refractivity contribution is 0.0811. The van der Waals surface area contributed by atoms with E-state index in [0.29, 0.717) is 6.61 Å². The predicted octanol–water partition coefficient (Wildman–Crippen LogP) is 2.78. The Morgan fingerprint density at radius 1 is 1.31 bits per heavy atom. The fourth-order valence-electron chi connectivity index (χ4n) is 2.56. The van der Waals surface area contributed by atoms with Crippen LogP contribution in [0.25, 0.3) is 0 Å². The Morgan fingerprint density at radius 3 is 2.75 bits per heavy atom. The van der Waals surface area contributed by atoms with Crippen LogP contribution in [0.2, 0.25) is 0 Å². The van der Waals surface area contributed by atoms with Gasteiger partial charge in [-0.15, -0.1) is 11.3 Å². The SMILES string of the molecule is OCC1(CNCc2cccs2)CCCCC1. The largest absolute Gasteiger partial charge is 0.396 e. The van der Waals surface area contributed by atoms with E-state index in [1.807, 2.05) is 0 Å². The Labute approximate surface area is 102 Å². The maximum Gasteiger partial charge on any atom is 0.0499 e. The van der Waals surface area contributed by atoms with Crippen molar-refractivity contribution >= 4 is 11.3 Å². The van der Waals surface area contributed by atoms with Gasteiger partial charge in [0.2, 0.25) is 0 Å². The van der Waals surface area contributed by atoms with Gasteiger partial charge in [0, 0.05) is 30.0 Å². The van der Waals surface area contributed by atoms with Gasteiger partial charge in [0.1, 0.15) is 0 Å². The van der Waals surface area contributed by atoms with Crippen LogP contribution in [-0.4, -0.2) is 18.3 Å². The second-order valence-electron chi connectivity index (χ2n) is 4.90. The maximum atomic E-state index is 9.56. The first-order chi connectivity index (χ1) is 7.85. The van der Waals surface area contributed by atoms with Crippen molar-refractivity contribution < 1.29 is 5.11 Å². The third kappa shape index (κ3) is 3.06. The van der Waals surface area contributed by atoms with Crippen LogP contribution in [0.5, 0.6) is 0 Å². The molecule has 1 aliphatic carbocycles. The van der Waals surface area contributed by atoms with Gasteiger partial charge in [0.05, 0.1) is 0 Å². The number of rotatable bonds is 5. The molecule has 0 aliphatic heterocycles. The molecule has 90 valence electrons. The highest BCUT2D eigenvalue weighted by atomic mass is 32.1. The van der Waals surface area contributed by atoms with Crippen molar-refractivity contribution in [2.75, 3.05) is 13.2 Å². The molecule has 1 aliphatic rings. The number of thiophene rings is 1. The predicted molar refractivity (Wildman–Crippen MR) is 68.6 cm³/mol. The van der Waals surface area contributed by atoms with Crippen LogP contribution >= 0.6 is 11.3 Å². The first kappa shape index (κ1) is 12.1.